The number of fused-ring (bicyclic) bond motifs is 1. The topological polar surface area (TPSA) is 96.4 Å². The molecule has 2 aromatic carbocycles. The monoisotopic (exact) mass is 443 g/mol. The molecule has 0 atom stereocenters. The summed E-state index contributed by atoms with van der Waals surface area (Å²) in [6.07, 6.45) is 0.148. The average molecular weight is 444 g/mol. The van der Waals surface area contributed by atoms with Gasteiger partial charge in [-0.05, 0) is 42.8 Å². The molecule has 0 aliphatic rings. The standard InChI is InChI=1S/C21H18ClN3O4S/c1-14-11-15(7-8-16(14)22)25(10-4-9-23)19(26)12-28-20(27)13-30-21-24-17-5-2-3-6-18(17)29-21/h2-3,5-8,11H,4,10,12-13H2,1H3. The molecule has 0 spiro atoms. The van der Waals surface area contributed by atoms with Crippen LogP contribution in [0.5, 0.6) is 0 Å². The summed E-state index contributed by atoms with van der Waals surface area (Å²) in [5, 5.41) is 9.81. The van der Waals surface area contributed by atoms with E-state index >= 15 is 0 Å². The van der Waals surface area contributed by atoms with Gasteiger partial charge in [0.2, 0.25) is 0 Å². The lowest BCUT2D eigenvalue weighted by Gasteiger charge is -2.22. The number of ether oxygens (including phenoxy) is 1. The molecule has 9 heteroatoms. The number of hydrogen-bond donors (Lipinski definition) is 0. The van der Waals surface area contributed by atoms with E-state index in [1.165, 1.54) is 4.90 Å². The largest absolute Gasteiger partial charge is 0.455 e. The number of aryl methyl sites for hydroxylation is 1. The minimum atomic E-state index is -0.567. The highest BCUT2D eigenvalue weighted by atomic mass is 35.5. The Morgan fingerprint density at radius 3 is 2.83 bits per heavy atom. The van der Waals surface area contributed by atoms with E-state index in [0.717, 1.165) is 17.3 Å². The second kappa shape index (κ2) is 10.1. The van der Waals surface area contributed by atoms with E-state index in [1.54, 1.807) is 24.3 Å². The van der Waals surface area contributed by atoms with Gasteiger partial charge in [0, 0.05) is 17.3 Å². The number of para-hydroxylation sites is 2. The predicted molar refractivity (Wildman–Crippen MR) is 114 cm³/mol. The number of anilines is 1. The van der Waals surface area contributed by atoms with Crippen LogP contribution in [0.3, 0.4) is 0 Å². The average Bonchev–Trinajstić information content (AvgIpc) is 3.16. The second-order valence-electron chi connectivity index (χ2n) is 6.28. The summed E-state index contributed by atoms with van der Waals surface area (Å²) in [5.41, 5.74) is 2.73. The van der Waals surface area contributed by atoms with E-state index in [2.05, 4.69) is 4.98 Å². The Hall–Kier alpha value is -3.02. The lowest BCUT2D eigenvalue weighted by Crippen LogP contribution is -2.35. The SMILES string of the molecule is Cc1cc(N(CCC#N)C(=O)COC(=O)CSc2nc3ccccc3o2)ccc1Cl. The van der Waals surface area contributed by atoms with Gasteiger partial charge in [-0.25, -0.2) is 4.98 Å². The van der Waals surface area contributed by atoms with Crippen LogP contribution in [-0.2, 0) is 14.3 Å². The van der Waals surface area contributed by atoms with Crippen molar-refractivity contribution in [1.82, 2.24) is 4.98 Å². The summed E-state index contributed by atoms with van der Waals surface area (Å²) in [5.74, 6) is -1.03. The number of rotatable bonds is 8. The maximum Gasteiger partial charge on any atom is 0.316 e. The summed E-state index contributed by atoms with van der Waals surface area (Å²) < 4.78 is 10.6. The van der Waals surface area contributed by atoms with Crippen molar-refractivity contribution < 1.29 is 18.7 Å². The van der Waals surface area contributed by atoms with Crippen molar-refractivity contribution in [1.29, 1.82) is 5.26 Å². The number of carbonyl (C=O) groups is 2. The lowest BCUT2D eigenvalue weighted by molar-refractivity contribution is -0.145. The van der Waals surface area contributed by atoms with Crippen LogP contribution in [-0.4, -0.2) is 35.8 Å². The molecule has 154 valence electrons. The lowest BCUT2D eigenvalue weighted by atomic mass is 10.2. The molecular weight excluding hydrogens is 426 g/mol. The van der Waals surface area contributed by atoms with Gasteiger partial charge in [0.05, 0.1) is 12.5 Å². The van der Waals surface area contributed by atoms with Crippen LogP contribution in [0.25, 0.3) is 11.1 Å². The summed E-state index contributed by atoms with van der Waals surface area (Å²) >= 11 is 7.14. The van der Waals surface area contributed by atoms with Gasteiger partial charge in [-0.1, -0.05) is 35.5 Å². The van der Waals surface area contributed by atoms with Crippen molar-refractivity contribution in [3.8, 4) is 6.07 Å². The van der Waals surface area contributed by atoms with Crippen molar-refractivity contribution in [2.75, 3.05) is 23.8 Å². The fraction of sp³-hybridized carbons (Fsp3) is 0.238. The first-order valence-electron chi connectivity index (χ1n) is 9.05. The highest BCUT2D eigenvalue weighted by Gasteiger charge is 2.19. The van der Waals surface area contributed by atoms with E-state index < -0.39 is 18.5 Å². The molecule has 1 aromatic heterocycles. The number of amides is 1. The Morgan fingerprint density at radius 2 is 2.10 bits per heavy atom. The minimum Gasteiger partial charge on any atom is -0.455 e. The molecule has 0 aliphatic heterocycles. The molecule has 0 fully saturated rings. The molecule has 0 saturated carbocycles. The number of nitriles is 1. The first kappa shape index (κ1) is 21.7. The molecule has 0 radical (unpaired) electrons. The zero-order valence-corrected chi connectivity index (χ0v) is 17.7. The maximum absolute atomic E-state index is 12.6. The predicted octanol–water partition coefficient (Wildman–Crippen LogP) is 4.37. The number of nitrogens with zero attached hydrogens (tertiary/aromatic N) is 3. The zero-order chi connectivity index (χ0) is 21.5. The van der Waals surface area contributed by atoms with E-state index in [1.807, 2.05) is 31.2 Å². The van der Waals surface area contributed by atoms with Crippen LogP contribution >= 0.6 is 23.4 Å². The minimum absolute atomic E-state index is 0.0433. The fourth-order valence-corrected chi connectivity index (χ4v) is 3.41. The molecule has 3 aromatic rings. The summed E-state index contributed by atoms with van der Waals surface area (Å²) in [6, 6.07) is 14.4. The summed E-state index contributed by atoms with van der Waals surface area (Å²) in [6.45, 7) is 1.58. The highest BCUT2D eigenvalue weighted by Crippen LogP contribution is 2.24. The Labute approximate surface area is 182 Å². The number of halogens is 1. The van der Waals surface area contributed by atoms with Crippen molar-refractivity contribution in [2.24, 2.45) is 0 Å². The second-order valence-corrected chi connectivity index (χ2v) is 7.62. The van der Waals surface area contributed by atoms with Crippen LogP contribution in [0.2, 0.25) is 5.02 Å². The summed E-state index contributed by atoms with van der Waals surface area (Å²) in [4.78, 5) is 30.3. The molecule has 1 amide bonds. The van der Waals surface area contributed by atoms with Gasteiger partial charge in [0.25, 0.3) is 11.1 Å². The van der Waals surface area contributed by atoms with Gasteiger partial charge in [0.15, 0.2) is 12.2 Å². The van der Waals surface area contributed by atoms with Gasteiger partial charge in [0.1, 0.15) is 11.3 Å². The van der Waals surface area contributed by atoms with Crippen LogP contribution < -0.4 is 4.90 Å². The molecule has 0 aliphatic carbocycles. The van der Waals surface area contributed by atoms with E-state index in [-0.39, 0.29) is 18.7 Å². The van der Waals surface area contributed by atoms with E-state index in [0.29, 0.717) is 27.0 Å². The third-order valence-electron chi connectivity index (χ3n) is 4.15. The zero-order valence-electron chi connectivity index (χ0n) is 16.1. The Balaban J connectivity index is 1.56. The van der Waals surface area contributed by atoms with Crippen LogP contribution in [0.1, 0.15) is 12.0 Å². The fourth-order valence-electron chi connectivity index (χ4n) is 2.65. The van der Waals surface area contributed by atoms with Crippen molar-refractivity contribution in [3.63, 3.8) is 0 Å². The number of thioether (sulfide) groups is 1. The van der Waals surface area contributed by atoms with Gasteiger partial charge in [-0.3, -0.25) is 9.59 Å². The molecule has 3 rings (SSSR count). The number of oxazole rings is 1. The molecular formula is C21H18ClN3O4S. The molecule has 0 bridgehead atoms. The third kappa shape index (κ3) is 5.53. The Bertz CT molecular complexity index is 1080. The summed E-state index contributed by atoms with van der Waals surface area (Å²) in [7, 11) is 0. The van der Waals surface area contributed by atoms with Gasteiger partial charge in [-0.15, -0.1) is 0 Å². The molecule has 30 heavy (non-hydrogen) atoms. The van der Waals surface area contributed by atoms with E-state index in [4.69, 9.17) is 26.0 Å². The molecule has 0 saturated heterocycles. The molecule has 0 unspecified atom stereocenters. The van der Waals surface area contributed by atoms with E-state index in [9.17, 15) is 9.59 Å². The highest BCUT2D eigenvalue weighted by molar-refractivity contribution is 7.99. The van der Waals surface area contributed by atoms with Crippen LogP contribution in [0.15, 0.2) is 52.1 Å². The number of carbonyl (C=O) groups excluding carboxylic acids is 2. The number of esters is 1. The van der Waals surface area contributed by atoms with Crippen molar-refractivity contribution >= 4 is 52.0 Å². The van der Waals surface area contributed by atoms with Gasteiger partial charge >= 0.3 is 5.97 Å². The maximum atomic E-state index is 12.6. The number of benzene rings is 2. The smallest absolute Gasteiger partial charge is 0.316 e. The normalized spacial score (nSPS) is 10.6. The Kier molecular flexibility index (Phi) is 7.33. The number of aromatic nitrogens is 1. The number of hydrogen-bond acceptors (Lipinski definition) is 7. The van der Waals surface area contributed by atoms with Gasteiger partial charge in [-0.2, -0.15) is 5.26 Å². The molecule has 1 heterocycles. The van der Waals surface area contributed by atoms with Crippen LogP contribution in [0, 0.1) is 18.3 Å². The quantitative estimate of drug-likeness (QED) is 0.376. The van der Waals surface area contributed by atoms with Crippen LogP contribution in [0.4, 0.5) is 5.69 Å². The van der Waals surface area contributed by atoms with Gasteiger partial charge < -0.3 is 14.1 Å². The van der Waals surface area contributed by atoms with Crippen molar-refractivity contribution in [3.05, 3.63) is 53.1 Å². The molecule has 7 nitrogen and oxygen atoms in total. The Morgan fingerprint density at radius 1 is 1.30 bits per heavy atom. The first-order valence-corrected chi connectivity index (χ1v) is 10.4. The molecule has 0 N–H and O–H groups in total. The van der Waals surface area contributed by atoms with Crippen molar-refractivity contribution in [2.45, 2.75) is 18.6 Å². The first-order chi connectivity index (χ1) is 14.5. The third-order valence-corrected chi connectivity index (χ3v) is 5.37.